The minimum absolute atomic E-state index is 0.773. The Labute approximate surface area is 69.7 Å². The molecule has 2 aliphatic rings. The molecule has 2 heteroatoms. The number of fused-ring (bicyclic) bond motifs is 2. The van der Waals surface area contributed by atoms with Gasteiger partial charge in [-0.25, -0.2) is 0 Å². The van der Waals surface area contributed by atoms with Crippen LogP contribution in [0.1, 0.15) is 6.42 Å². The third-order valence-corrected chi connectivity index (χ3v) is 1.59. The van der Waals surface area contributed by atoms with E-state index in [2.05, 4.69) is 34.0 Å². The summed E-state index contributed by atoms with van der Waals surface area (Å²) in [4.78, 5) is 0. The van der Waals surface area contributed by atoms with Crippen LogP contribution in [0.3, 0.4) is 0 Å². The average Bonchev–Trinajstić information content (AvgIpc) is 2.53. The van der Waals surface area contributed by atoms with Gasteiger partial charge in [0.05, 0.1) is 0 Å². The quantitative estimate of drug-likeness (QED) is 0.440. The van der Waals surface area contributed by atoms with Gasteiger partial charge in [0.15, 0.2) is 0 Å². The second-order valence-electron chi connectivity index (χ2n) is 2.16. The van der Waals surface area contributed by atoms with Crippen molar-refractivity contribution in [3.8, 4) is 0 Å². The standard InChI is InChI=1S/C7H7.ClH.Ru/c1-2-7-4-3-6(1)5-7;;/h1-4,6H,5H2;1H;/q-1;;+2/p-1. The Hall–Kier alpha value is 0.263. The fourth-order valence-corrected chi connectivity index (χ4v) is 1.16. The molecule has 9 heavy (non-hydrogen) atoms. The first-order valence-electron chi connectivity index (χ1n) is 2.81. The van der Waals surface area contributed by atoms with Crippen molar-refractivity contribution in [3.63, 3.8) is 0 Å². The minimum atomic E-state index is 0.773. The molecular formula is C7H7ClRu. The summed E-state index contributed by atoms with van der Waals surface area (Å²) in [5, 5.41) is 0. The zero-order valence-corrected chi connectivity index (χ0v) is 7.32. The third kappa shape index (κ3) is 1.59. The summed E-state index contributed by atoms with van der Waals surface area (Å²) in [6.07, 6.45) is 10.2. The first-order valence-corrected chi connectivity index (χ1v) is 5.04. The summed E-state index contributed by atoms with van der Waals surface area (Å²) in [6, 6.07) is 0. The molecule has 0 N–H and O–H groups in total. The summed E-state index contributed by atoms with van der Waals surface area (Å²) in [5.41, 5.74) is 0. The first-order chi connectivity index (χ1) is 4.45. The molecule has 0 unspecified atom stereocenters. The van der Waals surface area contributed by atoms with Crippen molar-refractivity contribution < 1.29 is 17.3 Å². The summed E-state index contributed by atoms with van der Waals surface area (Å²) in [7, 11) is 4.57. The fraction of sp³-hybridized carbons (Fsp3) is 0.286. The fourth-order valence-electron chi connectivity index (χ4n) is 1.16. The molecule has 2 aliphatic carbocycles. The van der Waals surface area contributed by atoms with E-state index in [1.807, 2.05) is 17.3 Å². The van der Waals surface area contributed by atoms with Crippen LogP contribution in [0.4, 0.5) is 0 Å². The Bertz CT molecular complexity index is 112. The van der Waals surface area contributed by atoms with E-state index < -0.39 is 0 Å². The van der Waals surface area contributed by atoms with Gasteiger partial charge in [-0.1, -0.05) is 6.42 Å². The van der Waals surface area contributed by atoms with E-state index in [1.54, 1.807) is 0 Å². The molecule has 0 atom stereocenters. The summed E-state index contributed by atoms with van der Waals surface area (Å²) in [6.45, 7) is 0. The van der Waals surface area contributed by atoms with E-state index in [-0.39, 0.29) is 0 Å². The molecule has 0 nitrogen and oxygen atoms in total. The SMILES string of the molecule is C1=CC2C=C[C-]1C2.[Cl][Ru+]. The Balaban J connectivity index is 0.000000186. The maximum atomic E-state index is 4.57. The molecule has 0 aromatic carbocycles. The Morgan fingerprint density at radius 3 is 2.00 bits per heavy atom. The molecule has 0 heterocycles. The van der Waals surface area contributed by atoms with E-state index >= 15 is 0 Å². The van der Waals surface area contributed by atoms with Crippen molar-refractivity contribution in [2.45, 2.75) is 6.42 Å². The average molecular weight is 228 g/mol. The van der Waals surface area contributed by atoms with E-state index in [0.29, 0.717) is 0 Å². The zero-order chi connectivity index (χ0) is 6.69. The molecular weight excluding hydrogens is 221 g/mol. The number of rotatable bonds is 0. The molecule has 0 aromatic heterocycles. The Morgan fingerprint density at radius 2 is 1.89 bits per heavy atom. The van der Waals surface area contributed by atoms with Crippen LogP contribution in [0.2, 0.25) is 0 Å². The molecule has 0 amide bonds. The van der Waals surface area contributed by atoms with Gasteiger partial charge < -0.3 is 0 Å². The number of halogens is 1. The third-order valence-electron chi connectivity index (χ3n) is 1.59. The molecule has 2 bridgehead atoms. The van der Waals surface area contributed by atoms with Crippen LogP contribution in [0, 0.1) is 11.8 Å². The van der Waals surface area contributed by atoms with E-state index in [4.69, 9.17) is 0 Å². The van der Waals surface area contributed by atoms with Crippen molar-refractivity contribution >= 4 is 9.69 Å². The van der Waals surface area contributed by atoms with Crippen LogP contribution in [0.15, 0.2) is 24.3 Å². The topological polar surface area (TPSA) is 0 Å². The van der Waals surface area contributed by atoms with Gasteiger partial charge in [0.1, 0.15) is 0 Å². The van der Waals surface area contributed by atoms with Crippen LogP contribution in [-0.4, -0.2) is 0 Å². The normalized spacial score (nSPS) is 20.4. The number of hydrogen-bond acceptors (Lipinski definition) is 0. The molecule has 0 radical (unpaired) electrons. The van der Waals surface area contributed by atoms with Gasteiger partial charge in [-0.2, -0.15) is 30.2 Å². The molecule has 0 saturated heterocycles. The van der Waals surface area contributed by atoms with Crippen LogP contribution >= 0.6 is 9.69 Å². The van der Waals surface area contributed by atoms with E-state index in [0.717, 1.165) is 5.92 Å². The molecule has 0 saturated carbocycles. The van der Waals surface area contributed by atoms with Gasteiger partial charge in [0.2, 0.25) is 0 Å². The van der Waals surface area contributed by atoms with Crippen LogP contribution < -0.4 is 0 Å². The van der Waals surface area contributed by atoms with Crippen molar-refractivity contribution in [3.05, 3.63) is 30.2 Å². The van der Waals surface area contributed by atoms with E-state index in [9.17, 15) is 0 Å². The van der Waals surface area contributed by atoms with Crippen molar-refractivity contribution in [2.24, 2.45) is 5.92 Å². The molecule has 0 fully saturated rings. The molecule has 0 aromatic rings. The Morgan fingerprint density at radius 1 is 1.33 bits per heavy atom. The van der Waals surface area contributed by atoms with Crippen LogP contribution in [-0.2, 0) is 17.3 Å². The van der Waals surface area contributed by atoms with E-state index in [1.165, 1.54) is 12.3 Å². The van der Waals surface area contributed by atoms with Crippen LogP contribution in [0.5, 0.6) is 0 Å². The van der Waals surface area contributed by atoms with Gasteiger partial charge in [-0.3, -0.25) is 0 Å². The molecule has 0 aliphatic heterocycles. The predicted molar refractivity (Wildman–Crippen MR) is 35.5 cm³/mol. The van der Waals surface area contributed by atoms with Crippen LogP contribution in [0.25, 0.3) is 0 Å². The summed E-state index contributed by atoms with van der Waals surface area (Å²) < 4.78 is 0. The van der Waals surface area contributed by atoms with Crippen molar-refractivity contribution in [2.75, 3.05) is 0 Å². The predicted octanol–water partition coefficient (Wildman–Crippen LogP) is 2.39. The first kappa shape index (κ1) is 7.37. The molecule has 0 spiro atoms. The Kier molecular flexibility index (Phi) is 2.81. The molecule has 50 valence electrons. The van der Waals surface area contributed by atoms with Gasteiger partial charge >= 0.3 is 27.0 Å². The maximum absolute atomic E-state index is 4.57. The number of allylic oxidation sites excluding steroid dienone is 4. The summed E-state index contributed by atoms with van der Waals surface area (Å²) in [5.74, 6) is 2.28. The second kappa shape index (κ2) is 3.44. The monoisotopic (exact) mass is 228 g/mol. The van der Waals surface area contributed by atoms with Gasteiger partial charge in [-0.15, -0.1) is 5.92 Å². The van der Waals surface area contributed by atoms with Crippen molar-refractivity contribution in [1.29, 1.82) is 0 Å². The second-order valence-corrected chi connectivity index (χ2v) is 2.16. The van der Waals surface area contributed by atoms with Gasteiger partial charge in [-0.05, 0) is 0 Å². The summed E-state index contributed by atoms with van der Waals surface area (Å²) >= 11 is 1.82. The molecule has 2 rings (SSSR count). The number of hydrogen-bond donors (Lipinski definition) is 0. The van der Waals surface area contributed by atoms with Gasteiger partial charge in [0.25, 0.3) is 0 Å². The zero-order valence-electron chi connectivity index (χ0n) is 4.83. The van der Waals surface area contributed by atoms with Gasteiger partial charge in [0, 0.05) is 0 Å². The van der Waals surface area contributed by atoms with Crippen molar-refractivity contribution in [1.82, 2.24) is 0 Å².